The van der Waals surface area contributed by atoms with Gasteiger partial charge in [-0.15, -0.1) is 0 Å². The molecule has 2 N–H and O–H groups in total. The van der Waals surface area contributed by atoms with Crippen molar-refractivity contribution in [2.75, 3.05) is 13.7 Å². The summed E-state index contributed by atoms with van der Waals surface area (Å²) >= 11 is 5.96. The van der Waals surface area contributed by atoms with Crippen LogP contribution in [0, 0.1) is 0 Å². The summed E-state index contributed by atoms with van der Waals surface area (Å²) in [6.07, 6.45) is 2.49. The Morgan fingerprint density at radius 2 is 2.00 bits per heavy atom. The van der Waals surface area contributed by atoms with Gasteiger partial charge in [-0.05, 0) is 60.5 Å². The lowest BCUT2D eigenvalue weighted by Crippen LogP contribution is -2.27. The second kappa shape index (κ2) is 9.42. The number of aromatic nitrogens is 1. The highest BCUT2D eigenvalue weighted by Gasteiger charge is 2.06. The molecule has 0 saturated heterocycles. The molecular formula is C22H23ClN2O3. The highest BCUT2D eigenvalue weighted by Crippen LogP contribution is 2.18. The lowest BCUT2D eigenvalue weighted by Gasteiger charge is -2.07. The number of ether oxygens (including phenoxy) is 1. The molecule has 3 rings (SSSR count). The smallest absolute Gasteiger partial charge is 0.251 e. The van der Waals surface area contributed by atoms with Crippen LogP contribution in [0.4, 0.5) is 0 Å². The number of benzene rings is 2. The maximum absolute atomic E-state index is 12.2. The van der Waals surface area contributed by atoms with E-state index in [9.17, 15) is 9.59 Å². The van der Waals surface area contributed by atoms with E-state index in [0.29, 0.717) is 35.7 Å². The number of nitrogens with one attached hydrogen (secondary N) is 2. The summed E-state index contributed by atoms with van der Waals surface area (Å²) < 4.78 is 5.17. The monoisotopic (exact) mass is 398 g/mol. The first-order valence-electron chi connectivity index (χ1n) is 9.26. The Morgan fingerprint density at radius 1 is 1.14 bits per heavy atom. The Labute approximate surface area is 168 Å². The minimum atomic E-state index is -0.143. The second-order valence-electron chi connectivity index (χ2n) is 6.66. The number of aryl methyl sites for hydroxylation is 1. The van der Waals surface area contributed by atoms with Crippen LogP contribution in [0.25, 0.3) is 10.9 Å². The van der Waals surface area contributed by atoms with E-state index in [-0.39, 0.29) is 11.5 Å². The Balaban J connectivity index is 1.48. The van der Waals surface area contributed by atoms with Crippen molar-refractivity contribution in [1.82, 2.24) is 10.3 Å². The third-order valence-corrected chi connectivity index (χ3v) is 4.84. The number of halogens is 1. The van der Waals surface area contributed by atoms with Crippen molar-refractivity contribution >= 4 is 28.4 Å². The number of carbonyl (C=O) groups excluding carboxylic acids is 1. The van der Waals surface area contributed by atoms with Gasteiger partial charge in [0.1, 0.15) is 5.75 Å². The van der Waals surface area contributed by atoms with Crippen molar-refractivity contribution < 1.29 is 9.53 Å². The number of fused-ring (bicyclic) bond motifs is 1. The Hall–Kier alpha value is -2.79. The molecule has 1 aromatic heterocycles. The molecule has 28 heavy (non-hydrogen) atoms. The van der Waals surface area contributed by atoms with Gasteiger partial charge in [-0.1, -0.05) is 23.7 Å². The third-order valence-electron chi connectivity index (χ3n) is 4.60. The Kier molecular flexibility index (Phi) is 6.71. The molecule has 0 radical (unpaired) electrons. The number of aromatic amines is 1. The van der Waals surface area contributed by atoms with E-state index < -0.39 is 0 Å². The van der Waals surface area contributed by atoms with Crippen LogP contribution in [0.3, 0.4) is 0 Å². The van der Waals surface area contributed by atoms with Crippen LogP contribution in [0.5, 0.6) is 5.75 Å². The number of hydrogen-bond acceptors (Lipinski definition) is 3. The Morgan fingerprint density at radius 3 is 2.79 bits per heavy atom. The zero-order chi connectivity index (χ0) is 19.9. The summed E-state index contributed by atoms with van der Waals surface area (Å²) in [5, 5.41) is 4.53. The molecule has 0 fully saturated rings. The summed E-state index contributed by atoms with van der Waals surface area (Å²) in [5.41, 5.74) is 2.37. The largest absolute Gasteiger partial charge is 0.497 e. The minimum absolute atomic E-state index is 0.0102. The molecule has 5 nitrogen and oxygen atoms in total. The molecule has 0 atom stereocenters. The van der Waals surface area contributed by atoms with Crippen molar-refractivity contribution in [3.8, 4) is 5.75 Å². The van der Waals surface area contributed by atoms with E-state index in [1.807, 2.05) is 42.5 Å². The SMILES string of the molecule is COc1ccc2cc(CCNC(=O)CCCc3cccc(Cl)c3)c(=O)[nH]c2c1. The molecule has 0 aliphatic rings. The van der Waals surface area contributed by atoms with Crippen LogP contribution < -0.4 is 15.6 Å². The summed E-state index contributed by atoms with van der Waals surface area (Å²) in [7, 11) is 1.59. The third kappa shape index (κ3) is 5.36. The molecule has 0 bridgehead atoms. The van der Waals surface area contributed by atoms with Gasteiger partial charge in [-0.2, -0.15) is 0 Å². The molecule has 6 heteroatoms. The average molecular weight is 399 g/mol. The van der Waals surface area contributed by atoms with Gasteiger partial charge < -0.3 is 15.0 Å². The molecule has 1 heterocycles. The predicted molar refractivity (Wildman–Crippen MR) is 112 cm³/mol. The van der Waals surface area contributed by atoms with Gasteiger partial charge in [0.25, 0.3) is 5.56 Å². The highest BCUT2D eigenvalue weighted by molar-refractivity contribution is 6.30. The van der Waals surface area contributed by atoms with Gasteiger partial charge >= 0.3 is 0 Å². The average Bonchev–Trinajstić information content (AvgIpc) is 2.68. The first-order chi connectivity index (χ1) is 13.5. The standard InChI is InChI=1S/C22H23ClN2O3/c1-28-19-9-8-16-13-17(22(27)25-20(16)14-19)10-11-24-21(26)7-3-5-15-4-2-6-18(23)12-15/h2,4,6,8-9,12-14H,3,5,7,10-11H2,1H3,(H,24,26)(H,25,27). The molecule has 2 aromatic carbocycles. The van der Waals surface area contributed by atoms with Crippen molar-refractivity contribution in [3.63, 3.8) is 0 Å². The summed E-state index contributed by atoms with van der Waals surface area (Å²) in [4.78, 5) is 27.1. The number of H-pyrrole nitrogens is 1. The van der Waals surface area contributed by atoms with Crippen LogP contribution >= 0.6 is 11.6 Å². The topological polar surface area (TPSA) is 71.2 Å². The molecule has 0 aliphatic heterocycles. The zero-order valence-electron chi connectivity index (χ0n) is 15.8. The normalized spacial score (nSPS) is 10.8. The van der Waals surface area contributed by atoms with Crippen LogP contribution in [-0.2, 0) is 17.6 Å². The van der Waals surface area contributed by atoms with Crippen molar-refractivity contribution in [2.45, 2.75) is 25.7 Å². The second-order valence-corrected chi connectivity index (χ2v) is 7.10. The van der Waals surface area contributed by atoms with E-state index in [1.54, 1.807) is 13.2 Å². The number of carbonyl (C=O) groups is 1. The van der Waals surface area contributed by atoms with Gasteiger partial charge in [0.15, 0.2) is 0 Å². The minimum Gasteiger partial charge on any atom is -0.497 e. The fourth-order valence-corrected chi connectivity index (χ4v) is 3.32. The first kappa shape index (κ1) is 20.0. The van der Waals surface area contributed by atoms with Crippen molar-refractivity contribution in [2.24, 2.45) is 0 Å². The number of rotatable bonds is 8. The van der Waals surface area contributed by atoms with E-state index in [4.69, 9.17) is 16.3 Å². The van der Waals surface area contributed by atoms with Gasteiger partial charge in [-0.3, -0.25) is 9.59 Å². The van der Waals surface area contributed by atoms with Crippen LogP contribution in [-0.4, -0.2) is 24.5 Å². The van der Waals surface area contributed by atoms with Crippen LogP contribution in [0.15, 0.2) is 53.3 Å². The molecule has 146 valence electrons. The van der Waals surface area contributed by atoms with Crippen molar-refractivity contribution in [1.29, 1.82) is 0 Å². The fraction of sp³-hybridized carbons (Fsp3) is 0.273. The summed E-state index contributed by atoms with van der Waals surface area (Å²) in [6.45, 7) is 0.431. The van der Waals surface area contributed by atoms with E-state index in [2.05, 4.69) is 10.3 Å². The lowest BCUT2D eigenvalue weighted by atomic mass is 10.1. The lowest BCUT2D eigenvalue weighted by molar-refractivity contribution is -0.121. The number of pyridine rings is 1. The van der Waals surface area contributed by atoms with Gasteiger partial charge in [0, 0.05) is 29.6 Å². The van der Waals surface area contributed by atoms with Gasteiger partial charge in [0.2, 0.25) is 5.91 Å². The van der Waals surface area contributed by atoms with Crippen molar-refractivity contribution in [3.05, 3.63) is 75.0 Å². The Bertz CT molecular complexity index is 1030. The van der Waals surface area contributed by atoms with E-state index in [1.165, 1.54) is 0 Å². The van der Waals surface area contributed by atoms with E-state index in [0.717, 1.165) is 29.3 Å². The van der Waals surface area contributed by atoms with E-state index >= 15 is 0 Å². The summed E-state index contributed by atoms with van der Waals surface area (Å²) in [6, 6.07) is 15.1. The fourth-order valence-electron chi connectivity index (χ4n) is 3.11. The van der Waals surface area contributed by atoms with Crippen LogP contribution in [0.2, 0.25) is 5.02 Å². The number of hydrogen-bond donors (Lipinski definition) is 2. The first-order valence-corrected chi connectivity index (χ1v) is 9.64. The number of amides is 1. The molecular weight excluding hydrogens is 376 g/mol. The summed E-state index contributed by atoms with van der Waals surface area (Å²) in [5.74, 6) is 0.685. The predicted octanol–water partition coefficient (Wildman–Crippen LogP) is 3.87. The molecule has 0 unspecified atom stereocenters. The van der Waals surface area contributed by atoms with Crippen LogP contribution in [0.1, 0.15) is 24.0 Å². The molecule has 1 amide bonds. The quantitative estimate of drug-likeness (QED) is 0.605. The molecule has 0 aliphatic carbocycles. The number of methoxy groups -OCH3 is 1. The highest BCUT2D eigenvalue weighted by atomic mass is 35.5. The zero-order valence-corrected chi connectivity index (χ0v) is 16.5. The molecule has 0 spiro atoms. The maximum Gasteiger partial charge on any atom is 0.251 e. The molecule has 0 saturated carbocycles. The maximum atomic E-state index is 12.2. The van der Waals surface area contributed by atoms with Gasteiger partial charge in [0.05, 0.1) is 12.6 Å². The van der Waals surface area contributed by atoms with Gasteiger partial charge in [-0.25, -0.2) is 0 Å². The molecule has 3 aromatic rings.